The first-order valence-electron chi connectivity index (χ1n) is 8.63. The lowest BCUT2D eigenvalue weighted by molar-refractivity contribution is 0.293. The second-order valence-electron chi connectivity index (χ2n) is 6.94. The molecule has 18 heavy (non-hydrogen) atoms. The minimum Gasteiger partial charge on any atom is -0.0654 e. The molecule has 1 rings (SSSR count). The quantitative estimate of drug-likeness (QED) is 0.428. The fraction of sp³-hybridized carbons (Fsp3) is 1.00. The van der Waals surface area contributed by atoms with E-state index < -0.39 is 0 Å². The molecule has 0 heteroatoms. The van der Waals surface area contributed by atoms with Crippen LogP contribution in [0.4, 0.5) is 0 Å². The van der Waals surface area contributed by atoms with E-state index in [1.54, 1.807) is 0 Å². The lowest BCUT2D eigenvalue weighted by Crippen LogP contribution is -2.12. The monoisotopic (exact) mass is 252 g/mol. The number of rotatable bonds is 10. The van der Waals surface area contributed by atoms with E-state index in [1.807, 2.05) is 0 Å². The molecule has 0 bridgehead atoms. The summed E-state index contributed by atoms with van der Waals surface area (Å²) in [7, 11) is 0. The molecule has 1 aliphatic rings. The average molecular weight is 252 g/mol. The molecule has 5 atom stereocenters. The highest BCUT2D eigenvalue weighted by atomic mass is 14.5. The zero-order valence-electron chi connectivity index (χ0n) is 13.5. The lowest BCUT2D eigenvalue weighted by atomic mass is 9.85. The minimum atomic E-state index is 0.950. The highest BCUT2D eigenvalue weighted by Crippen LogP contribution is 2.51. The molecule has 0 aromatic rings. The average Bonchev–Trinajstić information content (AvgIpc) is 3.13. The van der Waals surface area contributed by atoms with Crippen LogP contribution in [-0.4, -0.2) is 0 Å². The third-order valence-electron chi connectivity index (χ3n) is 5.47. The van der Waals surface area contributed by atoms with Gasteiger partial charge in [0, 0.05) is 0 Å². The molecule has 0 radical (unpaired) electrons. The summed E-state index contributed by atoms with van der Waals surface area (Å²) in [4.78, 5) is 0. The Morgan fingerprint density at radius 3 is 2.28 bits per heavy atom. The van der Waals surface area contributed by atoms with Gasteiger partial charge in [0.2, 0.25) is 0 Å². The molecule has 0 nitrogen and oxygen atoms in total. The molecule has 0 aromatic carbocycles. The van der Waals surface area contributed by atoms with Crippen LogP contribution in [0, 0.1) is 29.6 Å². The van der Waals surface area contributed by atoms with Crippen molar-refractivity contribution in [3.63, 3.8) is 0 Å². The Hall–Kier alpha value is 0. The van der Waals surface area contributed by atoms with Crippen molar-refractivity contribution in [3.05, 3.63) is 0 Å². The minimum absolute atomic E-state index is 0.950. The second kappa shape index (κ2) is 8.23. The van der Waals surface area contributed by atoms with Crippen LogP contribution >= 0.6 is 0 Å². The Morgan fingerprint density at radius 1 is 1.00 bits per heavy atom. The highest BCUT2D eigenvalue weighted by molar-refractivity contribution is 4.92. The Balaban J connectivity index is 2.25. The van der Waals surface area contributed by atoms with Gasteiger partial charge in [-0.15, -0.1) is 0 Å². The van der Waals surface area contributed by atoms with Crippen LogP contribution in [-0.2, 0) is 0 Å². The van der Waals surface area contributed by atoms with Gasteiger partial charge >= 0.3 is 0 Å². The van der Waals surface area contributed by atoms with Gasteiger partial charge in [-0.05, 0) is 42.4 Å². The van der Waals surface area contributed by atoms with Crippen LogP contribution < -0.4 is 0 Å². The fourth-order valence-corrected chi connectivity index (χ4v) is 3.72. The molecule has 0 heterocycles. The molecule has 1 saturated carbocycles. The van der Waals surface area contributed by atoms with Crippen molar-refractivity contribution in [1.29, 1.82) is 0 Å². The Labute approximate surface area is 116 Å². The van der Waals surface area contributed by atoms with Gasteiger partial charge in [-0.2, -0.15) is 0 Å². The van der Waals surface area contributed by atoms with Crippen LogP contribution in [0.25, 0.3) is 0 Å². The van der Waals surface area contributed by atoms with Crippen LogP contribution in [0.1, 0.15) is 86.0 Å². The largest absolute Gasteiger partial charge is 0.0654 e. The maximum Gasteiger partial charge on any atom is -0.0355 e. The zero-order valence-corrected chi connectivity index (χ0v) is 13.5. The summed E-state index contributed by atoms with van der Waals surface area (Å²) in [5.74, 6) is 5.10. The van der Waals surface area contributed by atoms with Gasteiger partial charge in [0.05, 0.1) is 0 Å². The standard InChI is InChI=1S/C18H36/c1-6-9-11-14(4)15(5)18-13-17(18)12-16(8-3)10-7-2/h14-18H,6-13H2,1-5H3. The molecule has 1 fully saturated rings. The van der Waals surface area contributed by atoms with Gasteiger partial charge in [-0.3, -0.25) is 0 Å². The third kappa shape index (κ3) is 4.94. The van der Waals surface area contributed by atoms with E-state index >= 15 is 0 Å². The SMILES string of the molecule is CCCCC(C)C(C)C1CC1CC(CC)CCC. The van der Waals surface area contributed by atoms with Crippen molar-refractivity contribution in [2.75, 3.05) is 0 Å². The molecule has 0 saturated heterocycles. The predicted molar refractivity (Wildman–Crippen MR) is 82.8 cm³/mol. The van der Waals surface area contributed by atoms with Crippen molar-refractivity contribution in [2.24, 2.45) is 29.6 Å². The number of hydrogen-bond donors (Lipinski definition) is 0. The highest BCUT2D eigenvalue weighted by Gasteiger charge is 2.42. The van der Waals surface area contributed by atoms with Crippen molar-refractivity contribution < 1.29 is 0 Å². The third-order valence-corrected chi connectivity index (χ3v) is 5.47. The summed E-state index contributed by atoms with van der Waals surface area (Å²) >= 11 is 0. The molecular weight excluding hydrogens is 216 g/mol. The Bertz CT molecular complexity index is 208. The number of hydrogen-bond acceptors (Lipinski definition) is 0. The summed E-state index contributed by atoms with van der Waals surface area (Å²) in [5.41, 5.74) is 0. The van der Waals surface area contributed by atoms with Crippen molar-refractivity contribution >= 4 is 0 Å². The topological polar surface area (TPSA) is 0 Å². The number of unbranched alkanes of at least 4 members (excludes halogenated alkanes) is 1. The summed E-state index contributed by atoms with van der Waals surface area (Å²) < 4.78 is 0. The first-order chi connectivity index (χ1) is 8.63. The van der Waals surface area contributed by atoms with Gasteiger partial charge in [-0.1, -0.05) is 73.1 Å². The molecule has 0 N–H and O–H groups in total. The zero-order chi connectivity index (χ0) is 13.5. The van der Waals surface area contributed by atoms with Crippen molar-refractivity contribution in [1.82, 2.24) is 0 Å². The van der Waals surface area contributed by atoms with Crippen molar-refractivity contribution in [2.45, 2.75) is 86.0 Å². The fourth-order valence-electron chi connectivity index (χ4n) is 3.72. The maximum atomic E-state index is 2.52. The van der Waals surface area contributed by atoms with E-state index in [9.17, 15) is 0 Å². The van der Waals surface area contributed by atoms with Crippen LogP contribution in [0.5, 0.6) is 0 Å². The molecule has 5 unspecified atom stereocenters. The Kier molecular flexibility index (Phi) is 7.34. The van der Waals surface area contributed by atoms with Gasteiger partial charge in [-0.25, -0.2) is 0 Å². The van der Waals surface area contributed by atoms with Gasteiger partial charge in [0.15, 0.2) is 0 Å². The second-order valence-corrected chi connectivity index (χ2v) is 6.94. The van der Waals surface area contributed by atoms with Crippen LogP contribution in [0.2, 0.25) is 0 Å². The normalized spacial score (nSPS) is 27.8. The lowest BCUT2D eigenvalue weighted by Gasteiger charge is -2.21. The Morgan fingerprint density at radius 2 is 1.72 bits per heavy atom. The van der Waals surface area contributed by atoms with E-state index in [1.165, 1.54) is 51.4 Å². The van der Waals surface area contributed by atoms with Crippen molar-refractivity contribution in [3.8, 4) is 0 Å². The summed E-state index contributed by atoms with van der Waals surface area (Å²) in [5, 5.41) is 0. The molecule has 0 spiro atoms. The smallest absolute Gasteiger partial charge is 0.0355 e. The van der Waals surface area contributed by atoms with E-state index in [0.717, 1.165) is 29.6 Å². The molecule has 1 aliphatic carbocycles. The van der Waals surface area contributed by atoms with E-state index in [2.05, 4.69) is 34.6 Å². The molecule has 108 valence electrons. The van der Waals surface area contributed by atoms with Gasteiger partial charge in [0.1, 0.15) is 0 Å². The van der Waals surface area contributed by atoms with E-state index in [-0.39, 0.29) is 0 Å². The molecular formula is C18H36. The summed E-state index contributed by atoms with van der Waals surface area (Å²) in [6.45, 7) is 12.0. The first-order valence-corrected chi connectivity index (χ1v) is 8.63. The van der Waals surface area contributed by atoms with E-state index in [4.69, 9.17) is 0 Å². The van der Waals surface area contributed by atoms with Crippen LogP contribution in [0.3, 0.4) is 0 Å². The molecule has 0 aliphatic heterocycles. The van der Waals surface area contributed by atoms with Gasteiger partial charge in [0.25, 0.3) is 0 Å². The molecule has 0 amide bonds. The van der Waals surface area contributed by atoms with Gasteiger partial charge < -0.3 is 0 Å². The molecule has 0 aromatic heterocycles. The van der Waals surface area contributed by atoms with Crippen LogP contribution in [0.15, 0.2) is 0 Å². The summed E-state index contributed by atoms with van der Waals surface area (Å²) in [6, 6.07) is 0. The van der Waals surface area contributed by atoms with E-state index in [0.29, 0.717) is 0 Å². The predicted octanol–water partition coefficient (Wildman–Crippen LogP) is 6.30. The first kappa shape index (κ1) is 16.1. The summed E-state index contributed by atoms with van der Waals surface area (Å²) in [6.07, 6.45) is 11.5. The maximum absolute atomic E-state index is 2.52.